The third-order valence-electron chi connectivity index (χ3n) is 7.27. The normalized spacial score (nSPS) is 11.2. The molecule has 0 saturated heterocycles. The van der Waals surface area contributed by atoms with Crippen LogP contribution in [-0.4, -0.2) is 45.7 Å². The molecule has 0 aliphatic rings. The number of nitrogens with zero attached hydrogens (tertiary/aromatic N) is 7. The van der Waals surface area contributed by atoms with Gasteiger partial charge in [0.2, 0.25) is 0 Å². The lowest BCUT2D eigenvalue weighted by Gasteiger charge is -2.13. The second kappa shape index (κ2) is 11.2. The predicted molar refractivity (Wildman–Crippen MR) is 167 cm³/mol. The van der Waals surface area contributed by atoms with Gasteiger partial charge >= 0.3 is 0 Å². The summed E-state index contributed by atoms with van der Waals surface area (Å²) in [5, 5.41) is 10.00. The fourth-order valence-electron chi connectivity index (χ4n) is 5.28. The van der Waals surface area contributed by atoms with Crippen molar-refractivity contribution in [1.29, 1.82) is 0 Å². The van der Waals surface area contributed by atoms with E-state index in [-0.39, 0.29) is 22.7 Å². The Bertz CT molecular complexity index is 2230. The van der Waals surface area contributed by atoms with Crippen molar-refractivity contribution in [2.45, 2.75) is 27.3 Å². The minimum absolute atomic E-state index is 0.0492. The number of benzene rings is 1. The maximum atomic E-state index is 13.8. The average Bonchev–Trinajstić information content (AvgIpc) is 3.64. The zero-order valence-corrected chi connectivity index (χ0v) is 25.2. The molecule has 0 fully saturated rings. The number of nitrogens with one attached hydrogen (secondary N) is 2. The summed E-state index contributed by atoms with van der Waals surface area (Å²) in [5.41, 5.74) is 2.08. The van der Waals surface area contributed by atoms with Crippen LogP contribution in [0.25, 0.3) is 27.8 Å². The van der Waals surface area contributed by atoms with E-state index in [1.165, 1.54) is 17.9 Å². The molecule has 228 valence electrons. The maximum absolute atomic E-state index is 13.8. The maximum Gasteiger partial charge on any atom is 0.291 e. The lowest BCUT2D eigenvalue weighted by atomic mass is 10.1. The van der Waals surface area contributed by atoms with E-state index in [0.29, 0.717) is 62.9 Å². The fourth-order valence-corrected chi connectivity index (χ4v) is 5.28. The molecule has 6 rings (SSSR count). The van der Waals surface area contributed by atoms with E-state index in [9.17, 15) is 19.2 Å². The van der Waals surface area contributed by atoms with Gasteiger partial charge in [-0.15, -0.1) is 0 Å². The Hall–Kier alpha value is -6.05. The molecule has 1 aromatic carbocycles. The summed E-state index contributed by atoms with van der Waals surface area (Å²) in [5.74, 6) is -0.110. The van der Waals surface area contributed by atoms with E-state index in [1.807, 2.05) is 6.92 Å². The van der Waals surface area contributed by atoms with Crippen molar-refractivity contribution in [3.63, 3.8) is 0 Å². The molecule has 0 unspecified atom stereocenters. The number of pyridine rings is 2. The first-order valence-electron chi connectivity index (χ1n) is 14.0. The van der Waals surface area contributed by atoms with Gasteiger partial charge in [0.05, 0.1) is 23.0 Å². The van der Waals surface area contributed by atoms with Crippen molar-refractivity contribution in [2.75, 3.05) is 10.6 Å². The number of hydrogen-bond donors (Lipinski definition) is 2. The van der Waals surface area contributed by atoms with Crippen molar-refractivity contribution in [2.24, 2.45) is 14.1 Å². The molecular weight excluding hydrogens is 578 g/mol. The Balaban J connectivity index is 1.35. The number of carbonyl (C=O) groups is 2. The lowest BCUT2D eigenvalue weighted by Crippen LogP contribution is -2.21. The Morgan fingerprint density at radius 2 is 1.76 bits per heavy atom. The van der Waals surface area contributed by atoms with E-state index < -0.39 is 5.91 Å². The Morgan fingerprint density at radius 3 is 2.40 bits per heavy atom. The zero-order chi connectivity index (χ0) is 32.0. The average molecular weight is 608 g/mol. The molecule has 0 bridgehead atoms. The van der Waals surface area contributed by atoms with Gasteiger partial charge in [0.25, 0.3) is 22.9 Å². The number of anilines is 2. The second-order valence-electron chi connectivity index (χ2n) is 10.4. The Morgan fingerprint density at radius 1 is 0.956 bits per heavy atom. The molecule has 14 nitrogen and oxygen atoms in total. The number of amides is 2. The summed E-state index contributed by atoms with van der Waals surface area (Å²) in [6.07, 6.45) is 3.21. The quantitative estimate of drug-likeness (QED) is 0.279. The number of aromatic nitrogens is 7. The van der Waals surface area contributed by atoms with Gasteiger partial charge in [0.1, 0.15) is 16.8 Å². The molecule has 0 radical (unpaired) electrons. The summed E-state index contributed by atoms with van der Waals surface area (Å²) in [4.78, 5) is 61.7. The van der Waals surface area contributed by atoms with Gasteiger partial charge in [-0.05, 0) is 57.2 Å². The van der Waals surface area contributed by atoms with Crippen LogP contribution in [0.1, 0.15) is 39.2 Å². The largest absolute Gasteiger partial charge is 0.381 e. The third kappa shape index (κ3) is 5.22. The minimum atomic E-state index is -0.551. The molecule has 0 saturated carbocycles. The van der Waals surface area contributed by atoms with Gasteiger partial charge in [-0.1, -0.05) is 6.07 Å². The summed E-state index contributed by atoms with van der Waals surface area (Å²) in [6, 6.07) is 13.1. The van der Waals surface area contributed by atoms with E-state index >= 15 is 0 Å². The van der Waals surface area contributed by atoms with Gasteiger partial charge in [-0.2, -0.15) is 9.84 Å². The van der Waals surface area contributed by atoms with E-state index in [4.69, 9.17) is 4.52 Å². The molecule has 0 aliphatic carbocycles. The number of rotatable bonds is 7. The molecule has 5 aromatic heterocycles. The summed E-state index contributed by atoms with van der Waals surface area (Å²) in [6.45, 7) is 5.56. The van der Waals surface area contributed by atoms with Crippen LogP contribution in [0.2, 0.25) is 0 Å². The van der Waals surface area contributed by atoms with Crippen LogP contribution in [-0.2, 0) is 20.6 Å². The first kappa shape index (κ1) is 29.0. The smallest absolute Gasteiger partial charge is 0.291 e. The van der Waals surface area contributed by atoms with Crippen LogP contribution in [0, 0.1) is 13.8 Å². The molecule has 0 atom stereocenters. The van der Waals surface area contributed by atoms with Crippen LogP contribution in [0.5, 0.6) is 0 Å². The first-order valence-corrected chi connectivity index (χ1v) is 14.0. The van der Waals surface area contributed by atoms with Gasteiger partial charge < -0.3 is 15.2 Å². The van der Waals surface area contributed by atoms with Crippen molar-refractivity contribution < 1.29 is 14.1 Å². The summed E-state index contributed by atoms with van der Waals surface area (Å²) >= 11 is 0. The second-order valence-corrected chi connectivity index (χ2v) is 10.4. The monoisotopic (exact) mass is 607 g/mol. The number of fused-ring (bicyclic) bond motifs is 1. The van der Waals surface area contributed by atoms with E-state index in [1.54, 1.807) is 85.0 Å². The highest BCUT2D eigenvalue weighted by Crippen LogP contribution is 2.23. The van der Waals surface area contributed by atoms with Crippen molar-refractivity contribution in [3.8, 4) is 16.9 Å². The van der Waals surface area contributed by atoms with Crippen LogP contribution >= 0.6 is 0 Å². The number of hydrogen-bond acceptors (Lipinski definition) is 8. The van der Waals surface area contributed by atoms with Gasteiger partial charge in [0.15, 0.2) is 11.5 Å². The third-order valence-corrected chi connectivity index (χ3v) is 7.27. The molecular formula is C31H29N9O5. The van der Waals surface area contributed by atoms with Crippen LogP contribution in [0.3, 0.4) is 0 Å². The zero-order valence-electron chi connectivity index (χ0n) is 25.2. The van der Waals surface area contributed by atoms with E-state index in [0.717, 1.165) is 4.74 Å². The highest BCUT2D eigenvalue weighted by Gasteiger charge is 2.24. The van der Waals surface area contributed by atoms with Gasteiger partial charge in [-0.3, -0.25) is 33.5 Å². The number of carbonyl (C=O) groups excluding carboxylic acids is 2. The minimum Gasteiger partial charge on any atom is -0.381 e. The lowest BCUT2D eigenvalue weighted by molar-refractivity contribution is 0.101. The van der Waals surface area contributed by atoms with Crippen molar-refractivity contribution in [1.82, 2.24) is 33.9 Å². The molecule has 2 N–H and O–H groups in total. The summed E-state index contributed by atoms with van der Waals surface area (Å²) in [7, 11) is 3.27. The highest BCUT2D eigenvalue weighted by molar-refractivity contribution is 6.11. The topological polar surface area (TPSA) is 164 Å². The van der Waals surface area contributed by atoms with Crippen molar-refractivity contribution >= 4 is 34.2 Å². The predicted octanol–water partition coefficient (Wildman–Crippen LogP) is 3.42. The van der Waals surface area contributed by atoms with Gasteiger partial charge in [0, 0.05) is 49.8 Å². The van der Waals surface area contributed by atoms with Crippen LogP contribution in [0.4, 0.5) is 11.5 Å². The number of aryl methyl sites for hydroxylation is 5. The van der Waals surface area contributed by atoms with Crippen LogP contribution in [0.15, 0.2) is 75.0 Å². The molecule has 45 heavy (non-hydrogen) atoms. The first-order chi connectivity index (χ1) is 21.5. The molecule has 2 amide bonds. The van der Waals surface area contributed by atoms with Crippen molar-refractivity contribution in [3.05, 3.63) is 104 Å². The standard InChI is InChI=1S/C31H29N9O5/c1-6-39-27-22(30(43)40(39)21-10-11-23(32-16-21)25-18(3)45-38(5)31(25)44)14-17(2)33-26(27)29(42)34-20-9-7-8-19(15-20)28(41)35-24-12-13-37(4)36-24/h7-16H,6H2,1-5H3,(H,34,42)(H,35,36,41). The molecule has 6 aromatic rings. The van der Waals surface area contributed by atoms with Crippen LogP contribution < -0.4 is 21.8 Å². The SMILES string of the molecule is CCn1c2c(C(=O)Nc3cccc(C(=O)Nc4ccn(C)n4)c3)nc(C)cc2c(=O)n1-c1ccc(-c2c(C)on(C)c2=O)nc1. The molecule has 0 aliphatic heterocycles. The van der Waals surface area contributed by atoms with Gasteiger partial charge in [-0.25, -0.2) is 9.67 Å². The fraction of sp³-hybridized carbons (Fsp3) is 0.194. The molecule has 5 heterocycles. The molecule has 0 spiro atoms. The molecule has 14 heteroatoms. The summed E-state index contributed by atoms with van der Waals surface area (Å²) < 4.78 is 11.2. The Kier molecular flexibility index (Phi) is 7.24. The Labute approximate surface area is 255 Å². The highest BCUT2D eigenvalue weighted by atomic mass is 16.5. The van der Waals surface area contributed by atoms with E-state index in [2.05, 4.69) is 25.7 Å².